The highest BCUT2D eigenvalue weighted by molar-refractivity contribution is 5.73. The maximum atomic E-state index is 11.7. The Morgan fingerprint density at radius 1 is 1.17 bits per heavy atom. The van der Waals surface area contributed by atoms with Crippen LogP contribution in [0.15, 0.2) is 0 Å². The highest BCUT2D eigenvalue weighted by atomic mass is 16.6. The Bertz CT molecular complexity index is 298. The molecule has 1 atom stereocenters. The van der Waals surface area contributed by atoms with Crippen LogP contribution in [0, 0.1) is 5.92 Å². The molecule has 0 spiro atoms. The first-order chi connectivity index (χ1) is 8.41. The Morgan fingerprint density at radius 2 is 1.72 bits per heavy atom. The Morgan fingerprint density at radius 3 is 2.17 bits per heavy atom. The number of nitrogens with zero attached hydrogens (tertiary/aromatic N) is 2. The van der Waals surface area contributed by atoms with Gasteiger partial charge in [-0.3, -0.25) is 9.69 Å². The molecule has 0 saturated carbocycles. The van der Waals surface area contributed by atoms with E-state index < -0.39 is 12.0 Å². The van der Waals surface area contributed by atoms with E-state index in [4.69, 9.17) is 9.84 Å². The van der Waals surface area contributed by atoms with Gasteiger partial charge in [0.2, 0.25) is 0 Å². The van der Waals surface area contributed by atoms with Crippen LogP contribution in [0.3, 0.4) is 0 Å². The fraction of sp³-hybridized carbons (Fsp3) is 0.833. The number of hydrogen-bond donors (Lipinski definition) is 1. The summed E-state index contributed by atoms with van der Waals surface area (Å²) in [5, 5.41) is 8.91. The predicted octanol–water partition coefficient (Wildman–Crippen LogP) is 0.870. The topological polar surface area (TPSA) is 70.1 Å². The van der Waals surface area contributed by atoms with E-state index in [2.05, 4.69) is 0 Å². The molecule has 104 valence electrons. The van der Waals surface area contributed by atoms with Crippen LogP contribution in [0.5, 0.6) is 0 Å². The number of hydrogen-bond acceptors (Lipinski definition) is 4. The van der Waals surface area contributed by atoms with E-state index in [0.29, 0.717) is 38.7 Å². The second kappa shape index (κ2) is 6.58. The van der Waals surface area contributed by atoms with Crippen molar-refractivity contribution in [3.8, 4) is 0 Å². The van der Waals surface area contributed by atoms with E-state index in [1.165, 1.54) is 0 Å². The molecular formula is C12H22N2O4. The molecule has 1 fully saturated rings. The lowest BCUT2D eigenvalue weighted by Gasteiger charge is -2.36. The number of carboxylic acids is 1. The Labute approximate surface area is 107 Å². The van der Waals surface area contributed by atoms with Gasteiger partial charge in [0.05, 0.1) is 6.61 Å². The molecule has 0 aromatic heterocycles. The van der Waals surface area contributed by atoms with E-state index in [1.54, 1.807) is 11.8 Å². The molecule has 1 unspecified atom stereocenters. The predicted molar refractivity (Wildman–Crippen MR) is 66.4 cm³/mol. The van der Waals surface area contributed by atoms with Crippen molar-refractivity contribution in [2.45, 2.75) is 26.8 Å². The molecule has 0 aliphatic carbocycles. The van der Waals surface area contributed by atoms with Crippen LogP contribution < -0.4 is 0 Å². The van der Waals surface area contributed by atoms with Crippen LogP contribution in [0.2, 0.25) is 0 Å². The second-order valence-electron chi connectivity index (χ2n) is 5.01. The molecule has 18 heavy (non-hydrogen) atoms. The van der Waals surface area contributed by atoms with Crippen molar-refractivity contribution in [2.75, 3.05) is 32.8 Å². The average Bonchev–Trinajstić information content (AvgIpc) is 2.35. The maximum Gasteiger partial charge on any atom is 0.409 e. The number of carboxylic acid groups (broad SMARTS) is 1. The third kappa shape index (κ3) is 4.18. The Kier molecular flexibility index (Phi) is 5.40. The summed E-state index contributed by atoms with van der Waals surface area (Å²) in [6, 6.07) is -0.501. The fourth-order valence-electron chi connectivity index (χ4n) is 1.78. The molecule has 1 saturated heterocycles. The largest absolute Gasteiger partial charge is 0.480 e. The van der Waals surface area contributed by atoms with E-state index in [9.17, 15) is 9.59 Å². The number of piperazine rings is 1. The maximum absolute atomic E-state index is 11.7. The third-order valence-corrected chi connectivity index (χ3v) is 3.02. The molecule has 6 nitrogen and oxygen atoms in total. The van der Waals surface area contributed by atoms with Crippen molar-refractivity contribution in [3.63, 3.8) is 0 Å². The van der Waals surface area contributed by atoms with Crippen LogP contribution in [0.25, 0.3) is 0 Å². The van der Waals surface area contributed by atoms with Gasteiger partial charge in [-0.15, -0.1) is 0 Å². The van der Waals surface area contributed by atoms with Crippen molar-refractivity contribution in [1.82, 2.24) is 9.80 Å². The van der Waals surface area contributed by atoms with Crippen LogP contribution >= 0.6 is 0 Å². The van der Waals surface area contributed by atoms with Crippen LogP contribution in [0.4, 0.5) is 4.79 Å². The van der Waals surface area contributed by atoms with E-state index >= 15 is 0 Å². The summed E-state index contributed by atoms with van der Waals surface area (Å²) >= 11 is 0. The van der Waals surface area contributed by atoms with Gasteiger partial charge in [0, 0.05) is 26.2 Å². The molecule has 6 heteroatoms. The van der Waals surface area contributed by atoms with Gasteiger partial charge in [0.25, 0.3) is 0 Å². The zero-order valence-corrected chi connectivity index (χ0v) is 11.3. The summed E-state index contributed by atoms with van der Waals surface area (Å²) in [7, 11) is 0. The lowest BCUT2D eigenvalue weighted by molar-refractivity contribution is -0.143. The van der Waals surface area contributed by atoms with E-state index in [0.717, 1.165) is 0 Å². The van der Waals surface area contributed by atoms with Crippen LogP contribution in [0.1, 0.15) is 20.8 Å². The van der Waals surface area contributed by atoms with Gasteiger partial charge in [-0.2, -0.15) is 0 Å². The standard InChI is InChI=1S/C12H22N2O4/c1-9(2)8-18-12(17)14-6-4-13(5-7-14)10(3)11(15)16/h9-10H,4-8H2,1-3H3,(H,15,16). The van der Waals surface area contributed by atoms with Gasteiger partial charge in [0.15, 0.2) is 0 Å². The normalized spacial score (nSPS) is 18.8. The summed E-state index contributed by atoms with van der Waals surface area (Å²) in [6.45, 7) is 8.25. The highest BCUT2D eigenvalue weighted by Crippen LogP contribution is 2.08. The van der Waals surface area contributed by atoms with Crippen LogP contribution in [-0.2, 0) is 9.53 Å². The first kappa shape index (κ1) is 14.8. The lowest BCUT2D eigenvalue weighted by atomic mass is 10.2. The summed E-state index contributed by atoms with van der Waals surface area (Å²) in [4.78, 5) is 26.0. The first-order valence-corrected chi connectivity index (χ1v) is 6.30. The zero-order chi connectivity index (χ0) is 13.7. The average molecular weight is 258 g/mol. The zero-order valence-electron chi connectivity index (χ0n) is 11.3. The summed E-state index contributed by atoms with van der Waals surface area (Å²) in [5.41, 5.74) is 0. The Hall–Kier alpha value is -1.30. The van der Waals surface area contributed by atoms with Gasteiger partial charge in [-0.25, -0.2) is 4.79 Å². The van der Waals surface area contributed by atoms with E-state index in [1.807, 2.05) is 18.7 Å². The molecule has 1 amide bonds. The molecule has 0 aromatic rings. The van der Waals surface area contributed by atoms with Gasteiger partial charge >= 0.3 is 12.1 Å². The number of carbonyl (C=O) groups is 2. The molecular weight excluding hydrogens is 236 g/mol. The van der Waals surface area contributed by atoms with Crippen molar-refractivity contribution in [3.05, 3.63) is 0 Å². The van der Waals surface area contributed by atoms with Crippen molar-refractivity contribution >= 4 is 12.1 Å². The second-order valence-corrected chi connectivity index (χ2v) is 5.01. The number of carbonyl (C=O) groups excluding carboxylic acids is 1. The molecule has 1 rings (SSSR count). The number of rotatable bonds is 4. The minimum absolute atomic E-state index is 0.300. The number of aliphatic carboxylic acids is 1. The molecule has 1 heterocycles. The number of amides is 1. The summed E-state index contributed by atoms with van der Waals surface area (Å²) < 4.78 is 5.14. The minimum atomic E-state index is -0.828. The molecule has 1 N–H and O–H groups in total. The molecule has 0 radical (unpaired) electrons. The highest BCUT2D eigenvalue weighted by Gasteiger charge is 2.27. The van der Waals surface area contributed by atoms with Crippen molar-refractivity contribution < 1.29 is 19.4 Å². The fourth-order valence-corrected chi connectivity index (χ4v) is 1.78. The third-order valence-electron chi connectivity index (χ3n) is 3.02. The monoisotopic (exact) mass is 258 g/mol. The Balaban J connectivity index is 2.35. The molecule has 1 aliphatic heterocycles. The molecule has 0 bridgehead atoms. The van der Waals surface area contributed by atoms with Gasteiger partial charge in [0.1, 0.15) is 6.04 Å². The van der Waals surface area contributed by atoms with Crippen LogP contribution in [-0.4, -0.2) is 65.8 Å². The summed E-state index contributed by atoms with van der Waals surface area (Å²) in [6.07, 6.45) is -0.300. The van der Waals surface area contributed by atoms with E-state index in [-0.39, 0.29) is 6.09 Å². The number of ether oxygens (including phenoxy) is 1. The van der Waals surface area contributed by atoms with Gasteiger partial charge < -0.3 is 14.7 Å². The lowest BCUT2D eigenvalue weighted by Crippen LogP contribution is -2.53. The van der Waals surface area contributed by atoms with Gasteiger partial charge in [-0.1, -0.05) is 13.8 Å². The smallest absolute Gasteiger partial charge is 0.409 e. The first-order valence-electron chi connectivity index (χ1n) is 6.30. The molecule has 1 aliphatic rings. The van der Waals surface area contributed by atoms with Crippen molar-refractivity contribution in [1.29, 1.82) is 0 Å². The van der Waals surface area contributed by atoms with Crippen molar-refractivity contribution in [2.24, 2.45) is 5.92 Å². The van der Waals surface area contributed by atoms with Gasteiger partial charge in [-0.05, 0) is 12.8 Å². The summed E-state index contributed by atoms with van der Waals surface area (Å²) in [5.74, 6) is -0.506. The molecule has 0 aromatic carbocycles. The quantitative estimate of drug-likeness (QED) is 0.810. The minimum Gasteiger partial charge on any atom is -0.480 e. The SMILES string of the molecule is CC(C)COC(=O)N1CCN(C(C)C(=O)O)CC1.